The van der Waals surface area contributed by atoms with Crippen LogP contribution in [0.25, 0.3) is 11.1 Å². The van der Waals surface area contributed by atoms with Gasteiger partial charge >= 0.3 is 0 Å². The Bertz CT molecular complexity index is 1060. The van der Waals surface area contributed by atoms with E-state index in [9.17, 15) is 0 Å². The Morgan fingerprint density at radius 1 is 0.633 bits per heavy atom. The van der Waals surface area contributed by atoms with Gasteiger partial charge in [0.05, 0.1) is 11.7 Å². The highest BCUT2D eigenvalue weighted by atomic mass is 16.7. The van der Waals surface area contributed by atoms with Gasteiger partial charge in [0.2, 0.25) is 0 Å². The van der Waals surface area contributed by atoms with E-state index in [2.05, 4.69) is 114 Å². The number of benzene rings is 4. The lowest BCUT2D eigenvalue weighted by molar-refractivity contribution is 0.0836. The van der Waals surface area contributed by atoms with Crippen LogP contribution in [0, 0.1) is 0 Å². The summed E-state index contributed by atoms with van der Waals surface area (Å²) in [7, 11) is 0. The number of hydrogen-bond donors (Lipinski definition) is 0. The highest BCUT2D eigenvalue weighted by molar-refractivity contribution is 5.63. The minimum atomic E-state index is 0.0833. The van der Waals surface area contributed by atoms with Crippen molar-refractivity contribution >= 4 is 5.69 Å². The summed E-state index contributed by atoms with van der Waals surface area (Å²) in [5, 5.41) is 2.11. The zero-order valence-corrected chi connectivity index (χ0v) is 16.9. The number of hydroxylamine groups is 1. The third-order valence-corrected chi connectivity index (χ3v) is 5.77. The average Bonchev–Trinajstić information content (AvgIpc) is 3.25. The molecule has 0 bridgehead atoms. The smallest absolute Gasteiger partial charge is 0.113 e. The largest absolute Gasteiger partial charge is 0.265 e. The fraction of sp³-hybridized carbons (Fsp3) is 0.143. The van der Waals surface area contributed by atoms with E-state index < -0.39 is 0 Å². The predicted molar refractivity (Wildman–Crippen MR) is 123 cm³/mol. The monoisotopic (exact) mass is 391 g/mol. The molecule has 2 atom stereocenters. The number of rotatable bonds is 5. The van der Waals surface area contributed by atoms with Crippen LogP contribution in [-0.4, -0.2) is 6.04 Å². The normalized spacial score (nSPS) is 18.5. The molecule has 0 spiro atoms. The summed E-state index contributed by atoms with van der Waals surface area (Å²) in [6, 6.07) is 40.7. The van der Waals surface area contributed by atoms with Crippen molar-refractivity contribution in [1.29, 1.82) is 0 Å². The minimum Gasteiger partial charge on any atom is -0.265 e. The van der Waals surface area contributed by atoms with Crippen LogP contribution in [0.15, 0.2) is 115 Å². The molecule has 0 saturated carbocycles. The molecule has 4 aromatic rings. The lowest BCUT2D eigenvalue weighted by Crippen LogP contribution is -2.29. The maximum Gasteiger partial charge on any atom is 0.113 e. The zero-order valence-electron chi connectivity index (χ0n) is 16.9. The lowest BCUT2D eigenvalue weighted by atomic mass is 9.96. The van der Waals surface area contributed by atoms with Crippen LogP contribution in [-0.2, 0) is 11.3 Å². The fourth-order valence-corrected chi connectivity index (χ4v) is 4.22. The summed E-state index contributed by atoms with van der Waals surface area (Å²) in [5.74, 6) is 0. The standard InChI is InChI=1S/C28H25NO/c1-4-10-23(11-5-1)24-18-16-22(17-19-24)20-27-21-28(25-12-6-2-7-13-25)30-29(27)26-14-8-3-9-15-26/h1-19,27-28H,20-21H2/t27-,28-/m1/s1. The summed E-state index contributed by atoms with van der Waals surface area (Å²) in [6.07, 6.45) is 2.01. The van der Waals surface area contributed by atoms with Crippen molar-refractivity contribution in [3.8, 4) is 11.1 Å². The molecule has 1 fully saturated rings. The molecule has 148 valence electrons. The number of nitrogens with zero attached hydrogens (tertiary/aromatic N) is 1. The van der Waals surface area contributed by atoms with Crippen LogP contribution < -0.4 is 5.06 Å². The van der Waals surface area contributed by atoms with E-state index in [0.29, 0.717) is 6.04 Å². The Kier molecular flexibility index (Phi) is 5.32. The van der Waals surface area contributed by atoms with Gasteiger partial charge in [-0.05, 0) is 40.8 Å². The molecule has 1 aliphatic rings. The van der Waals surface area contributed by atoms with Crippen LogP contribution in [0.4, 0.5) is 5.69 Å². The maximum absolute atomic E-state index is 6.44. The molecule has 1 saturated heterocycles. The second-order valence-electron chi connectivity index (χ2n) is 7.82. The third kappa shape index (κ3) is 4.00. The van der Waals surface area contributed by atoms with Gasteiger partial charge in [0.1, 0.15) is 6.10 Å². The first-order valence-electron chi connectivity index (χ1n) is 10.6. The Morgan fingerprint density at radius 2 is 1.20 bits per heavy atom. The van der Waals surface area contributed by atoms with Crippen LogP contribution in [0.5, 0.6) is 0 Å². The van der Waals surface area contributed by atoms with Crippen LogP contribution in [0.2, 0.25) is 0 Å². The van der Waals surface area contributed by atoms with Crippen LogP contribution in [0.1, 0.15) is 23.7 Å². The predicted octanol–water partition coefficient (Wildman–Crippen LogP) is 6.85. The minimum absolute atomic E-state index is 0.0833. The highest BCUT2D eigenvalue weighted by Crippen LogP contribution is 2.38. The Balaban J connectivity index is 1.38. The maximum atomic E-state index is 6.44. The summed E-state index contributed by atoms with van der Waals surface area (Å²) >= 11 is 0. The van der Waals surface area contributed by atoms with Crippen molar-refractivity contribution in [2.75, 3.05) is 5.06 Å². The van der Waals surface area contributed by atoms with E-state index >= 15 is 0 Å². The number of anilines is 1. The third-order valence-electron chi connectivity index (χ3n) is 5.77. The van der Waals surface area contributed by atoms with Gasteiger partial charge < -0.3 is 0 Å². The van der Waals surface area contributed by atoms with Crippen molar-refractivity contribution < 1.29 is 4.84 Å². The molecule has 0 unspecified atom stereocenters. The quantitative estimate of drug-likeness (QED) is 0.369. The van der Waals surface area contributed by atoms with E-state index in [1.54, 1.807) is 0 Å². The second kappa shape index (κ2) is 8.56. The molecule has 0 radical (unpaired) electrons. The number of hydrogen-bond acceptors (Lipinski definition) is 2. The van der Waals surface area contributed by atoms with Gasteiger partial charge in [-0.3, -0.25) is 9.90 Å². The summed E-state index contributed by atoms with van der Waals surface area (Å²) in [6.45, 7) is 0. The molecule has 0 aliphatic carbocycles. The van der Waals surface area contributed by atoms with Gasteiger partial charge in [0, 0.05) is 6.42 Å². The van der Waals surface area contributed by atoms with E-state index in [-0.39, 0.29) is 6.10 Å². The molecule has 1 aliphatic heterocycles. The first-order chi connectivity index (χ1) is 14.9. The topological polar surface area (TPSA) is 12.5 Å². The fourth-order valence-electron chi connectivity index (χ4n) is 4.22. The van der Waals surface area contributed by atoms with E-state index in [1.807, 2.05) is 6.07 Å². The summed E-state index contributed by atoms with van der Waals surface area (Å²) < 4.78 is 0. The van der Waals surface area contributed by atoms with Crippen molar-refractivity contribution in [3.05, 3.63) is 126 Å². The molecule has 0 aromatic heterocycles. The molecule has 2 heteroatoms. The molecule has 5 rings (SSSR count). The van der Waals surface area contributed by atoms with Crippen molar-refractivity contribution in [1.82, 2.24) is 0 Å². The molecular formula is C28H25NO. The summed E-state index contributed by atoms with van der Waals surface area (Å²) in [5.41, 5.74) is 6.19. The Labute approximate surface area is 178 Å². The molecule has 2 nitrogen and oxygen atoms in total. The highest BCUT2D eigenvalue weighted by Gasteiger charge is 2.34. The van der Waals surface area contributed by atoms with Gasteiger partial charge in [-0.1, -0.05) is 103 Å². The summed E-state index contributed by atoms with van der Waals surface area (Å²) in [4.78, 5) is 6.44. The number of para-hydroxylation sites is 1. The van der Waals surface area contributed by atoms with Gasteiger partial charge in [0.15, 0.2) is 0 Å². The van der Waals surface area contributed by atoms with Crippen molar-refractivity contribution in [3.63, 3.8) is 0 Å². The van der Waals surface area contributed by atoms with Gasteiger partial charge in [-0.25, -0.2) is 0 Å². The van der Waals surface area contributed by atoms with Crippen molar-refractivity contribution in [2.24, 2.45) is 0 Å². The van der Waals surface area contributed by atoms with Gasteiger partial charge in [-0.2, -0.15) is 0 Å². The van der Waals surface area contributed by atoms with Crippen LogP contribution >= 0.6 is 0 Å². The molecule has 4 aromatic carbocycles. The Hall–Kier alpha value is -3.36. The Morgan fingerprint density at radius 3 is 1.87 bits per heavy atom. The molecule has 1 heterocycles. The zero-order chi connectivity index (χ0) is 20.2. The van der Waals surface area contributed by atoms with E-state index in [1.165, 1.54) is 22.3 Å². The first kappa shape index (κ1) is 18.7. The lowest BCUT2D eigenvalue weighted by Gasteiger charge is -2.25. The molecule has 30 heavy (non-hydrogen) atoms. The molecule has 0 N–H and O–H groups in total. The molecular weight excluding hydrogens is 366 g/mol. The average molecular weight is 392 g/mol. The van der Waals surface area contributed by atoms with Crippen LogP contribution in [0.3, 0.4) is 0 Å². The first-order valence-corrected chi connectivity index (χ1v) is 10.6. The van der Waals surface area contributed by atoms with E-state index in [0.717, 1.165) is 18.5 Å². The second-order valence-corrected chi connectivity index (χ2v) is 7.82. The SMILES string of the molecule is c1ccc(-c2ccc(C[C@@H]3C[C@H](c4ccccc4)ON3c3ccccc3)cc2)cc1. The van der Waals surface area contributed by atoms with E-state index in [4.69, 9.17) is 4.84 Å². The molecule has 0 amide bonds. The van der Waals surface area contributed by atoms with Gasteiger partial charge in [0.25, 0.3) is 0 Å². The van der Waals surface area contributed by atoms with Crippen molar-refractivity contribution in [2.45, 2.75) is 25.0 Å². The van der Waals surface area contributed by atoms with Gasteiger partial charge in [-0.15, -0.1) is 0 Å².